The molecule has 2 fully saturated rings. The van der Waals surface area contributed by atoms with Crippen LogP contribution in [0.3, 0.4) is 0 Å². The van der Waals surface area contributed by atoms with Gasteiger partial charge < -0.3 is 5.11 Å². The highest BCUT2D eigenvalue weighted by Crippen LogP contribution is 2.26. The van der Waals surface area contributed by atoms with Crippen LogP contribution in [0, 0.1) is 5.92 Å². The minimum atomic E-state index is 0.353. The summed E-state index contributed by atoms with van der Waals surface area (Å²) in [5.74, 6) is 0.506. The summed E-state index contributed by atoms with van der Waals surface area (Å²) < 4.78 is 0. The summed E-state index contributed by atoms with van der Waals surface area (Å²) in [6.07, 6.45) is 1.17. The van der Waals surface area contributed by atoms with Crippen LogP contribution < -0.4 is 0 Å². The molecule has 2 unspecified atom stereocenters. The van der Waals surface area contributed by atoms with Crippen LogP contribution in [0.5, 0.6) is 0 Å². The first-order chi connectivity index (χ1) is 8.85. The Morgan fingerprint density at radius 3 is 2.72 bits per heavy atom. The Morgan fingerprint density at radius 2 is 1.94 bits per heavy atom. The van der Waals surface area contributed by atoms with Gasteiger partial charge in [-0.15, -0.1) is 0 Å². The van der Waals surface area contributed by atoms with Gasteiger partial charge in [-0.05, 0) is 17.9 Å². The molecule has 1 aromatic carbocycles. The quantitative estimate of drug-likeness (QED) is 0.868. The van der Waals surface area contributed by atoms with E-state index in [1.54, 1.807) is 0 Å². The van der Waals surface area contributed by atoms with Gasteiger partial charge >= 0.3 is 0 Å². The SMILES string of the molecule is OCC1CC2CN(Cc3ccccc3)CCN2C1. The van der Waals surface area contributed by atoms with Crippen molar-refractivity contribution in [3.63, 3.8) is 0 Å². The molecule has 2 atom stereocenters. The monoisotopic (exact) mass is 246 g/mol. The Balaban J connectivity index is 1.58. The fraction of sp³-hybridized carbons (Fsp3) is 0.600. The number of piperazine rings is 1. The highest BCUT2D eigenvalue weighted by Gasteiger charge is 2.35. The summed E-state index contributed by atoms with van der Waals surface area (Å²) in [5.41, 5.74) is 1.41. The van der Waals surface area contributed by atoms with Crippen molar-refractivity contribution in [2.24, 2.45) is 5.92 Å². The van der Waals surface area contributed by atoms with E-state index in [1.807, 2.05) is 0 Å². The number of aliphatic hydroxyl groups is 1. The lowest BCUT2D eigenvalue weighted by atomic mass is 10.1. The summed E-state index contributed by atoms with van der Waals surface area (Å²) in [5, 5.41) is 9.27. The van der Waals surface area contributed by atoms with Gasteiger partial charge in [-0.3, -0.25) is 9.80 Å². The molecule has 98 valence electrons. The fourth-order valence-electron chi connectivity index (χ4n) is 3.33. The smallest absolute Gasteiger partial charge is 0.0472 e. The average Bonchev–Trinajstić information content (AvgIpc) is 2.82. The molecule has 1 aromatic rings. The topological polar surface area (TPSA) is 26.7 Å². The summed E-state index contributed by atoms with van der Waals surface area (Å²) in [4.78, 5) is 5.11. The number of aliphatic hydroxyl groups excluding tert-OH is 1. The molecule has 3 nitrogen and oxygen atoms in total. The zero-order valence-corrected chi connectivity index (χ0v) is 10.8. The minimum absolute atomic E-state index is 0.353. The Morgan fingerprint density at radius 1 is 1.11 bits per heavy atom. The lowest BCUT2D eigenvalue weighted by Crippen LogP contribution is -2.49. The maximum Gasteiger partial charge on any atom is 0.0472 e. The normalized spacial score (nSPS) is 29.4. The second kappa shape index (κ2) is 5.39. The highest BCUT2D eigenvalue weighted by molar-refractivity contribution is 5.14. The molecule has 2 aliphatic rings. The maximum absolute atomic E-state index is 9.27. The van der Waals surface area contributed by atoms with Gasteiger partial charge in [0.1, 0.15) is 0 Å². The molecule has 0 aliphatic carbocycles. The van der Waals surface area contributed by atoms with Crippen LogP contribution in [0.25, 0.3) is 0 Å². The van der Waals surface area contributed by atoms with Crippen LogP contribution in [0.15, 0.2) is 30.3 Å². The number of hydrogen-bond donors (Lipinski definition) is 1. The third kappa shape index (κ3) is 2.58. The first kappa shape index (κ1) is 12.2. The molecule has 0 spiro atoms. The zero-order chi connectivity index (χ0) is 12.4. The van der Waals surface area contributed by atoms with Crippen molar-refractivity contribution in [3.8, 4) is 0 Å². The van der Waals surface area contributed by atoms with E-state index in [4.69, 9.17) is 0 Å². The van der Waals surface area contributed by atoms with Crippen molar-refractivity contribution < 1.29 is 5.11 Å². The predicted molar refractivity (Wildman–Crippen MR) is 72.3 cm³/mol. The molecule has 18 heavy (non-hydrogen) atoms. The van der Waals surface area contributed by atoms with Gasteiger partial charge in [0, 0.05) is 45.4 Å². The minimum Gasteiger partial charge on any atom is -0.396 e. The number of benzene rings is 1. The maximum atomic E-state index is 9.27. The van der Waals surface area contributed by atoms with Gasteiger partial charge in [-0.1, -0.05) is 30.3 Å². The molecule has 1 N–H and O–H groups in total. The summed E-state index contributed by atoms with van der Waals surface area (Å²) in [6, 6.07) is 11.4. The Bertz CT molecular complexity index is 381. The van der Waals surface area contributed by atoms with Crippen molar-refractivity contribution in [1.82, 2.24) is 9.80 Å². The van der Waals surface area contributed by atoms with Crippen LogP contribution in [0.4, 0.5) is 0 Å². The van der Waals surface area contributed by atoms with E-state index in [0.29, 0.717) is 18.6 Å². The number of fused-ring (bicyclic) bond motifs is 1. The summed E-state index contributed by atoms with van der Waals surface area (Å²) in [6.45, 7) is 5.99. The largest absolute Gasteiger partial charge is 0.396 e. The molecule has 2 saturated heterocycles. The molecular formula is C15H22N2O. The first-order valence-electron chi connectivity index (χ1n) is 6.96. The molecule has 0 aromatic heterocycles. The molecule has 2 aliphatic heterocycles. The van der Waals surface area contributed by atoms with Crippen LogP contribution in [-0.4, -0.2) is 53.7 Å². The molecule has 0 saturated carbocycles. The first-order valence-corrected chi connectivity index (χ1v) is 6.96. The van der Waals surface area contributed by atoms with Crippen LogP contribution >= 0.6 is 0 Å². The second-order valence-corrected chi connectivity index (χ2v) is 5.65. The number of nitrogens with zero attached hydrogens (tertiary/aromatic N) is 2. The lowest BCUT2D eigenvalue weighted by Gasteiger charge is -2.37. The van der Waals surface area contributed by atoms with Gasteiger partial charge in [0.05, 0.1) is 0 Å². The highest BCUT2D eigenvalue weighted by atomic mass is 16.3. The lowest BCUT2D eigenvalue weighted by molar-refractivity contribution is 0.0985. The fourth-order valence-corrected chi connectivity index (χ4v) is 3.33. The zero-order valence-electron chi connectivity index (χ0n) is 10.8. The van der Waals surface area contributed by atoms with Crippen molar-refractivity contribution >= 4 is 0 Å². The van der Waals surface area contributed by atoms with Crippen molar-refractivity contribution in [1.29, 1.82) is 0 Å². The van der Waals surface area contributed by atoms with Crippen molar-refractivity contribution in [2.75, 3.05) is 32.8 Å². The summed E-state index contributed by atoms with van der Waals surface area (Å²) in [7, 11) is 0. The number of rotatable bonds is 3. The molecular weight excluding hydrogens is 224 g/mol. The van der Waals surface area contributed by atoms with E-state index in [-0.39, 0.29) is 0 Å². The summed E-state index contributed by atoms with van der Waals surface area (Å²) >= 11 is 0. The molecule has 0 radical (unpaired) electrons. The molecule has 0 bridgehead atoms. The van der Waals surface area contributed by atoms with Crippen molar-refractivity contribution in [3.05, 3.63) is 35.9 Å². The van der Waals surface area contributed by atoms with Gasteiger partial charge in [0.15, 0.2) is 0 Å². The molecule has 3 heteroatoms. The van der Waals surface area contributed by atoms with Crippen LogP contribution in [-0.2, 0) is 6.54 Å². The third-order valence-electron chi connectivity index (χ3n) is 4.29. The van der Waals surface area contributed by atoms with Crippen LogP contribution in [0.1, 0.15) is 12.0 Å². The second-order valence-electron chi connectivity index (χ2n) is 5.65. The van der Waals surface area contributed by atoms with E-state index in [9.17, 15) is 5.11 Å². The average molecular weight is 246 g/mol. The Hall–Kier alpha value is -0.900. The number of hydrogen-bond acceptors (Lipinski definition) is 3. The molecule has 0 amide bonds. The Labute approximate surface area is 109 Å². The molecule has 2 heterocycles. The van der Waals surface area contributed by atoms with E-state index >= 15 is 0 Å². The van der Waals surface area contributed by atoms with E-state index in [0.717, 1.165) is 32.7 Å². The Kier molecular flexibility index (Phi) is 3.64. The standard InChI is InChI=1S/C15H22N2O/c18-12-14-8-15-11-16(6-7-17(15)10-14)9-13-4-2-1-3-5-13/h1-5,14-15,18H,6-12H2. The van der Waals surface area contributed by atoms with E-state index in [2.05, 4.69) is 40.1 Å². The molecule has 3 rings (SSSR count). The van der Waals surface area contributed by atoms with Gasteiger partial charge in [-0.2, -0.15) is 0 Å². The van der Waals surface area contributed by atoms with Gasteiger partial charge in [0.2, 0.25) is 0 Å². The van der Waals surface area contributed by atoms with Gasteiger partial charge in [-0.25, -0.2) is 0 Å². The van der Waals surface area contributed by atoms with Gasteiger partial charge in [0.25, 0.3) is 0 Å². The predicted octanol–water partition coefficient (Wildman–Crippen LogP) is 1.18. The third-order valence-corrected chi connectivity index (χ3v) is 4.29. The van der Waals surface area contributed by atoms with E-state index in [1.165, 1.54) is 12.0 Å². The van der Waals surface area contributed by atoms with Crippen molar-refractivity contribution in [2.45, 2.75) is 19.0 Å². The van der Waals surface area contributed by atoms with E-state index < -0.39 is 0 Å². The van der Waals surface area contributed by atoms with Crippen LogP contribution in [0.2, 0.25) is 0 Å².